The van der Waals surface area contributed by atoms with E-state index in [9.17, 15) is 8.42 Å². The molecular weight excluding hydrogens is 308 g/mol. The average Bonchev–Trinajstić information content (AvgIpc) is 3.11. The molecule has 0 aromatic carbocycles. The predicted octanol–water partition coefficient (Wildman–Crippen LogP) is 1.37. The fourth-order valence-corrected chi connectivity index (χ4v) is 5.82. The summed E-state index contributed by atoms with van der Waals surface area (Å²) >= 11 is 1.75. The normalized spacial score (nSPS) is 29.0. The molecule has 3 heterocycles. The molecule has 7 heteroatoms. The van der Waals surface area contributed by atoms with Gasteiger partial charge in [0, 0.05) is 44.2 Å². The molecule has 0 aliphatic carbocycles. The Balaban J connectivity index is 1.57. The molecule has 2 saturated heterocycles. The second-order valence-corrected chi connectivity index (χ2v) is 8.89. The van der Waals surface area contributed by atoms with E-state index in [1.165, 1.54) is 4.88 Å². The first-order valence-electron chi connectivity index (χ1n) is 7.42. The topological polar surface area (TPSA) is 49.9 Å². The van der Waals surface area contributed by atoms with Crippen molar-refractivity contribution >= 4 is 21.4 Å². The largest absolute Gasteiger partial charge is 0.377 e. The van der Waals surface area contributed by atoms with Gasteiger partial charge >= 0.3 is 0 Å². The minimum absolute atomic E-state index is 0.181. The summed E-state index contributed by atoms with van der Waals surface area (Å²) in [5, 5.41) is 1.72. The van der Waals surface area contributed by atoms with Crippen molar-refractivity contribution in [1.82, 2.24) is 9.21 Å². The van der Waals surface area contributed by atoms with E-state index in [0.717, 1.165) is 19.6 Å². The van der Waals surface area contributed by atoms with Gasteiger partial charge in [0.2, 0.25) is 10.0 Å². The molecule has 5 nitrogen and oxygen atoms in total. The fraction of sp³-hybridized carbons (Fsp3) is 0.714. The van der Waals surface area contributed by atoms with Crippen LogP contribution in [0.25, 0.3) is 0 Å². The summed E-state index contributed by atoms with van der Waals surface area (Å²) in [6, 6.07) is 4.19. The molecule has 0 N–H and O–H groups in total. The van der Waals surface area contributed by atoms with Crippen LogP contribution in [0.4, 0.5) is 0 Å². The zero-order valence-corrected chi connectivity index (χ0v) is 13.9. The molecular formula is C14H22N2O3S2. The van der Waals surface area contributed by atoms with Gasteiger partial charge in [-0.1, -0.05) is 6.07 Å². The van der Waals surface area contributed by atoms with E-state index in [1.54, 1.807) is 15.6 Å². The fourth-order valence-electron chi connectivity index (χ4n) is 3.06. The third kappa shape index (κ3) is 3.32. The van der Waals surface area contributed by atoms with Crippen LogP contribution in [0.1, 0.15) is 18.2 Å². The number of thiophene rings is 1. The molecule has 0 saturated carbocycles. The molecule has 2 atom stereocenters. The Labute approximate surface area is 130 Å². The highest BCUT2D eigenvalue weighted by Crippen LogP contribution is 2.25. The maximum Gasteiger partial charge on any atom is 0.219 e. The number of hydrogen-bond acceptors (Lipinski definition) is 5. The Morgan fingerprint density at radius 2 is 2.10 bits per heavy atom. The van der Waals surface area contributed by atoms with Crippen LogP contribution in [-0.2, 0) is 21.3 Å². The number of ether oxygens (including phenoxy) is 1. The van der Waals surface area contributed by atoms with Gasteiger partial charge in [-0.05, 0) is 24.8 Å². The van der Waals surface area contributed by atoms with Crippen LogP contribution < -0.4 is 0 Å². The second-order valence-electron chi connectivity index (χ2n) is 5.70. The number of rotatable bonds is 4. The van der Waals surface area contributed by atoms with Gasteiger partial charge in [-0.15, -0.1) is 11.3 Å². The standard InChI is InChI=1S/C14H22N2O3S2/c1-12-14(4-9-19-12)21(17,18)16-7-5-15(6-8-16)11-13-3-2-10-20-13/h2-3,10,12,14H,4-9,11H2,1H3/t12-,14-/m0/s1. The number of sulfonamides is 1. The van der Waals surface area contributed by atoms with E-state index < -0.39 is 10.0 Å². The summed E-state index contributed by atoms with van der Waals surface area (Å²) in [6.07, 6.45) is 0.443. The summed E-state index contributed by atoms with van der Waals surface area (Å²) in [5.41, 5.74) is 0. The average molecular weight is 330 g/mol. The summed E-state index contributed by atoms with van der Waals surface area (Å²) in [7, 11) is -3.21. The first-order chi connectivity index (χ1) is 10.1. The predicted molar refractivity (Wildman–Crippen MR) is 83.9 cm³/mol. The van der Waals surface area contributed by atoms with Crippen molar-refractivity contribution in [3.63, 3.8) is 0 Å². The summed E-state index contributed by atoms with van der Waals surface area (Å²) < 4.78 is 32.4. The minimum atomic E-state index is -3.21. The van der Waals surface area contributed by atoms with Gasteiger partial charge in [0.1, 0.15) is 5.25 Å². The van der Waals surface area contributed by atoms with E-state index >= 15 is 0 Å². The molecule has 118 valence electrons. The minimum Gasteiger partial charge on any atom is -0.377 e. The third-order valence-corrected chi connectivity index (χ3v) is 7.67. The summed E-state index contributed by atoms with van der Waals surface area (Å²) in [5.74, 6) is 0. The maximum atomic E-state index is 12.7. The molecule has 2 aliphatic rings. The lowest BCUT2D eigenvalue weighted by Gasteiger charge is -2.35. The summed E-state index contributed by atoms with van der Waals surface area (Å²) in [6.45, 7) is 6.15. The van der Waals surface area contributed by atoms with Gasteiger partial charge in [0.05, 0.1) is 6.10 Å². The van der Waals surface area contributed by atoms with E-state index in [-0.39, 0.29) is 11.4 Å². The van der Waals surface area contributed by atoms with E-state index in [2.05, 4.69) is 22.4 Å². The molecule has 0 bridgehead atoms. The van der Waals surface area contributed by atoms with Gasteiger partial charge < -0.3 is 4.74 Å². The highest BCUT2D eigenvalue weighted by Gasteiger charge is 2.40. The van der Waals surface area contributed by atoms with Crippen LogP contribution in [-0.4, -0.2) is 61.8 Å². The molecule has 21 heavy (non-hydrogen) atoms. The molecule has 1 aromatic heterocycles. The zero-order chi connectivity index (χ0) is 14.9. The lowest BCUT2D eigenvalue weighted by Crippen LogP contribution is -2.51. The van der Waals surface area contributed by atoms with Gasteiger partial charge in [0.25, 0.3) is 0 Å². The lowest BCUT2D eigenvalue weighted by atomic mass is 10.3. The first-order valence-corrected chi connectivity index (χ1v) is 9.81. The zero-order valence-electron chi connectivity index (χ0n) is 12.3. The van der Waals surface area contributed by atoms with Crippen LogP contribution in [0, 0.1) is 0 Å². The SMILES string of the molecule is C[C@@H]1OCC[C@@H]1S(=O)(=O)N1CCN(Cc2cccs2)CC1. The number of hydrogen-bond donors (Lipinski definition) is 0. The Hall–Kier alpha value is -0.470. The molecule has 1 aromatic rings. The molecule has 3 rings (SSSR count). The highest BCUT2D eigenvalue weighted by atomic mass is 32.2. The number of nitrogens with zero attached hydrogens (tertiary/aromatic N) is 2. The molecule has 2 fully saturated rings. The maximum absolute atomic E-state index is 12.7. The Morgan fingerprint density at radius 1 is 1.33 bits per heavy atom. The van der Waals surface area contributed by atoms with E-state index in [4.69, 9.17) is 4.74 Å². The molecule has 0 unspecified atom stereocenters. The van der Waals surface area contributed by atoms with Crippen molar-refractivity contribution in [1.29, 1.82) is 0 Å². The smallest absolute Gasteiger partial charge is 0.219 e. The first kappa shape index (κ1) is 15.4. The lowest BCUT2D eigenvalue weighted by molar-refractivity contribution is 0.124. The van der Waals surface area contributed by atoms with Gasteiger partial charge in [-0.2, -0.15) is 4.31 Å². The molecule has 2 aliphatic heterocycles. The van der Waals surface area contributed by atoms with Crippen LogP contribution in [0.3, 0.4) is 0 Å². The molecule has 0 amide bonds. The van der Waals surface area contributed by atoms with Crippen molar-refractivity contribution in [3.8, 4) is 0 Å². The van der Waals surface area contributed by atoms with Crippen LogP contribution in [0.15, 0.2) is 17.5 Å². The van der Waals surface area contributed by atoms with E-state index in [0.29, 0.717) is 26.1 Å². The quantitative estimate of drug-likeness (QED) is 0.837. The van der Waals surface area contributed by atoms with Crippen LogP contribution in [0.5, 0.6) is 0 Å². The Kier molecular flexibility index (Phi) is 4.66. The Bertz CT molecular complexity index is 551. The monoisotopic (exact) mass is 330 g/mol. The molecule has 0 spiro atoms. The van der Waals surface area contributed by atoms with Crippen molar-refractivity contribution in [2.45, 2.75) is 31.2 Å². The highest BCUT2D eigenvalue weighted by molar-refractivity contribution is 7.89. The number of piperazine rings is 1. The van der Waals surface area contributed by atoms with Crippen molar-refractivity contribution in [2.75, 3.05) is 32.8 Å². The third-order valence-electron chi connectivity index (χ3n) is 4.34. The molecule has 0 radical (unpaired) electrons. The van der Waals surface area contributed by atoms with E-state index in [1.807, 2.05) is 6.92 Å². The van der Waals surface area contributed by atoms with Crippen molar-refractivity contribution < 1.29 is 13.2 Å². The van der Waals surface area contributed by atoms with Gasteiger partial charge in [0.15, 0.2) is 0 Å². The van der Waals surface area contributed by atoms with Crippen molar-refractivity contribution in [2.24, 2.45) is 0 Å². The Morgan fingerprint density at radius 3 is 2.67 bits per heavy atom. The summed E-state index contributed by atoms with van der Waals surface area (Å²) in [4.78, 5) is 3.66. The van der Waals surface area contributed by atoms with Crippen LogP contribution in [0.2, 0.25) is 0 Å². The van der Waals surface area contributed by atoms with Gasteiger partial charge in [-0.3, -0.25) is 4.90 Å². The van der Waals surface area contributed by atoms with Gasteiger partial charge in [-0.25, -0.2) is 8.42 Å². The van der Waals surface area contributed by atoms with Crippen LogP contribution >= 0.6 is 11.3 Å². The second kappa shape index (κ2) is 6.34. The van der Waals surface area contributed by atoms with Crippen molar-refractivity contribution in [3.05, 3.63) is 22.4 Å².